The molecule has 2 bridgehead atoms. The van der Waals surface area contributed by atoms with Gasteiger partial charge in [-0.25, -0.2) is 0 Å². The second-order valence-electron chi connectivity index (χ2n) is 8.39. The second-order valence-corrected chi connectivity index (χ2v) is 10.1. The smallest absolute Gasteiger partial charge is 0.267 e. The van der Waals surface area contributed by atoms with Crippen LogP contribution < -0.4 is 5.56 Å². The highest BCUT2D eigenvalue weighted by Gasteiger charge is 2.36. The third kappa shape index (κ3) is 3.61. The number of rotatable bonds is 3. The van der Waals surface area contributed by atoms with Crippen molar-refractivity contribution in [2.75, 3.05) is 13.1 Å². The van der Waals surface area contributed by atoms with Gasteiger partial charge in [-0.15, -0.1) is 0 Å². The van der Waals surface area contributed by atoms with Gasteiger partial charge in [0.15, 0.2) is 0 Å². The zero-order chi connectivity index (χ0) is 20.8. The first-order chi connectivity index (χ1) is 14.5. The Morgan fingerprint density at radius 1 is 1.10 bits per heavy atom. The first-order valence-electron chi connectivity index (χ1n) is 10.2. The zero-order valence-electron chi connectivity index (χ0n) is 16.8. The standard InChI is InChI=1S/C23H23N3O2S2/c1-15-5-7-16(8-6-15)11-26-22(28)20(30-23(26)29)14-24-10-17-9-18(13-24)19-3-2-4-21(27)25(19)12-17/h2-8,14,17-18H,9-13H2,1H3/b20-14-/t17-,18+/m0/s1. The Hall–Kier alpha value is -2.38. The van der Waals surface area contributed by atoms with Crippen molar-refractivity contribution >= 4 is 34.2 Å². The molecule has 5 nitrogen and oxygen atoms in total. The van der Waals surface area contributed by atoms with Crippen molar-refractivity contribution in [3.8, 4) is 0 Å². The molecule has 1 aromatic heterocycles. The maximum atomic E-state index is 13.0. The Balaban J connectivity index is 1.33. The molecule has 0 spiro atoms. The van der Waals surface area contributed by atoms with Crippen LogP contribution in [0.2, 0.25) is 0 Å². The van der Waals surface area contributed by atoms with Crippen molar-refractivity contribution in [3.05, 3.63) is 80.7 Å². The fourth-order valence-corrected chi connectivity index (χ4v) is 5.97. The van der Waals surface area contributed by atoms with E-state index in [4.69, 9.17) is 12.2 Å². The molecule has 3 aliphatic heterocycles. The van der Waals surface area contributed by atoms with Crippen molar-refractivity contribution in [3.63, 3.8) is 0 Å². The molecule has 0 N–H and O–H groups in total. The predicted octanol–water partition coefficient (Wildman–Crippen LogP) is 3.48. The predicted molar refractivity (Wildman–Crippen MR) is 123 cm³/mol. The van der Waals surface area contributed by atoms with Crippen LogP contribution in [0, 0.1) is 12.8 Å². The number of amides is 1. The van der Waals surface area contributed by atoms with Gasteiger partial charge in [-0.3, -0.25) is 14.5 Å². The molecule has 7 heteroatoms. The van der Waals surface area contributed by atoms with Crippen LogP contribution in [0.25, 0.3) is 0 Å². The molecule has 154 valence electrons. The third-order valence-corrected chi connectivity index (χ3v) is 7.51. The Morgan fingerprint density at radius 2 is 1.90 bits per heavy atom. The van der Waals surface area contributed by atoms with E-state index in [-0.39, 0.29) is 11.5 Å². The van der Waals surface area contributed by atoms with Crippen molar-refractivity contribution in [1.82, 2.24) is 14.4 Å². The molecule has 1 aromatic carbocycles. The van der Waals surface area contributed by atoms with E-state index in [0.717, 1.165) is 37.3 Å². The molecule has 2 fully saturated rings. The van der Waals surface area contributed by atoms with Crippen molar-refractivity contribution in [2.45, 2.75) is 32.4 Å². The van der Waals surface area contributed by atoms with E-state index < -0.39 is 0 Å². The average Bonchev–Trinajstić information content (AvgIpc) is 2.98. The molecular formula is C23H23N3O2S2. The molecule has 3 aliphatic rings. The van der Waals surface area contributed by atoms with Crippen molar-refractivity contribution in [1.29, 1.82) is 0 Å². The molecule has 2 saturated heterocycles. The lowest BCUT2D eigenvalue weighted by atomic mass is 9.83. The molecule has 0 radical (unpaired) electrons. The first kappa shape index (κ1) is 19.6. The number of benzene rings is 1. The third-order valence-electron chi connectivity index (χ3n) is 6.14. The van der Waals surface area contributed by atoms with Gasteiger partial charge in [-0.1, -0.05) is 59.9 Å². The number of likely N-dealkylation sites (tertiary alicyclic amines) is 1. The van der Waals surface area contributed by atoms with Crippen LogP contribution in [0.3, 0.4) is 0 Å². The minimum atomic E-state index is -0.0158. The molecule has 1 amide bonds. The molecule has 2 aromatic rings. The lowest BCUT2D eigenvalue weighted by Gasteiger charge is -2.42. The quantitative estimate of drug-likeness (QED) is 0.544. The van der Waals surface area contributed by atoms with Gasteiger partial charge in [-0.2, -0.15) is 0 Å². The molecule has 2 atom stereocenters. The van der Waals surface area contributed by atoms with Crippen LogP contribution in [0.1, 0.15) is 29.2 Å². The van der Waals surface area contributed by atoms with Gasteiger partial charge < -0.3 is 9.47 Å². The molecular weight excluding hydrogens is 414 g/mol. The second kappa shape index (κ2) is 7.71. The van der Waals surface area contributed by atoms with Crippen LogP contribution in [-0.2, 0) is 17.9 Å². The number of carbonyl (C=O) groups is 1. The van der Waals surface area contributed by atoms with Crippen LogP contribution >= 0.6 is 24.0 Å². The molecule has 4 heterocycles. The number of nitrogens with zero attached hydrogens (tertiary/aromatic N) is 3. The lowest BCUT2D eigenvalue weighted by Crippen LogP contribution is -2.45. The minimum absolute atomic E-state index is 0.0158. The largest absolute Gasteiger partial charge is 0.375 e. The van der Waals surface area contributed by atoms with E-state index >= 15 is 0 Å². The summed E-state index contributed by atoms with van der Waals surface area (Å²) in [5.41, 5.74) is 3.48. The summed E-state index contributed by atoms with van der Waals surface area (Å²) >= 11 is 6.89. The average molecular weight is 438 g/mol. The van der Waals surface area contributed by atoms with E-state index in [1.54, 1.807) is 11.0 Å². The van der Waals surface area contributed by atoms with Crippen molar-refractivity contribution in [2.24, 2.45) is 5.92 Å². The van der Waals surface area contributed by atoms with E-state index in [9.17, 15) is 9.59 Å². The highest BCUT2D eigenvalue weighted by atomic mass is 32.2. The minimum Gasteiger partial charge on any atom is -0.375 e. The Bertz CT molecular complexity index is 1110. The van der Waals surface area contributed by atoms with E-state index in [2.05, 4.69) is 30.0 Å². The van der Waals surface area contributed by atoms with Gasteiger partial charge in [0.25, 0.3) is 11.5 Å². The van der Waals surface area contributed by atoms with Gasteiger partial charge in [0.1, 0.15) is 4.32 Å². The summed E-state index contributed by atoms with van der Waals surface area (Å²) in [4.78, 5) is 29.9. The molecule has 0 saturated carbocycles. The number of hydrogen-bond acceptors (Lipinski definition) is 5. The van der Waals surface area contributed by atoms with Gasteiger partial charge in [0.05, 0.1) is 11.4 Å². The van der Waals surface area contributed by atoms with Gasteiger partial charge in [0.2, 0.25) is 0 Å². The number of thiocarbonyl (C=S) groups is 1. The van der Waals surface area contributed by atoms with Crippen molar-refractivity contribution < 1.29 is 4.79 Å². The number of piperidine rings is 1. The van der Waals surface area contributed by atoms with Crippen LogP contribution in [0.15, 0.2) is 58.4 Å². The normalized spacial score (nSPS) is 24.5. The summed E-state index contributed by atoms with van der Waals surface area (Å²) in [6, 6.07) is 13.8. The highest BCUT2D eigenvalue weighted by Crippen LogP contribution is 2.37. The van der Waals surface area contributed by atoms with E-state index in [0.29, 0.717) is 27.6 Å². The summed E-state index contributed by atoms with van der Waals surface area (Å²) in [5.74, 6) is 0.726. The molecule has 0 aliphatic carbocycles. The summed E-state index contributed by atoms with van der Waals surface area (Å²) < 4.78 is 2.54. The van der Waals surface area contributed by atoms with Crippen LogP contribution in [0.4, 0.5) is 0 Å². The number of pyridine rings is 1. The number of aromatic nitrogens is 1. The summed E-state index contributed by atoms with van der Waals surface area (Å²) in [6.07, 6.45) is 3.09. The number of thioether (sulfide) groups is 1. The zero-order valence-corrected chi connectivity index (χ0v) is 18.4. The monoisotopic (exact) mass is 437 g/mol. The Labute approximate surface area is 185 Å². The van der Waals surface area contributed by atoms with Crippen LogP contribution in [0.5, 0.6) is 0 Å². The number of carbonyl (C=O) groups excluding carboxylic acids is 1. The number of hydrogen-bond donors (Lipinski definition) is 0. The topological polar surface area (TPSA) is 45.6 Å². The Morgan fingerprint density at radius 3 is 2.70 bits per heavy atom. The SMILES string of the molecule is Cc1ccc(CN2C(=O)/C(=C/N3C[C@@H]4C[C@H](C3)c3cccc(=O)n3C4)SC2=S)cc1. The maximum absolute atomic E-state index is 13.0. The van der Waals surface area contributed by atoms with Gasteiger partial charge in [0, 0.05) is 43.5 Å². The number of aryl methyl sites for hydroxylation is 1. The summed E-state index contributed by atoms with van der Waals surface area (Å²) in [7, 11) is 0. The van der Waals surface area contributed by atoms with Gasteiger partial charge >= 0.3 is 0 Å². The number of fused-ring (bicyclic) bond motifs is 4. The molecule has 30 heavy (non-hydrogen) atoms. The summed E-state index contributed by atoms with van der Waals surface area (Å²) in [5, 5.41) is 0. The van der Waals surface area contributed by atoms with E-state index in [1.165, 1.54) is 17.3 Å². The maximum Gasteiger partial charge on any atom is 0.267 e. The lowest BCUT2D eigenvalue weighted by molar-refractivity contribution is -0.122. The molecule has 5 rings (SSSR count). The fourth-order valence-electron chi connectivity index (χ4n) is 4.71. The highest BCUT2D eigenvalue weighted by molar-refractivity contribution is 8.26. The van der Waals surface area contributed by atoms with Gasteiger partial charge in [-0.05, 0) is 30.9 Å². The van der Waals surface area contributed by atoms with Crippen LogP contribution in [-0.4, -0.2) is 37.7 Å². The fraction of sp³-hybridized carbons (Fsp3) is 0.348. The van der Waals surface area contributed by atoms with E-state index in [1.807, 2.05) is 29.0 Å². The Kier molecular flexibility index (Phi) is 5.03. The summed E-state index contributed by atoms with van der Waals surface area (Å²) in [6.45, 7) is 4.99. The first-order valence-corrected chi connectivity index (χ1v) is 11.5. The molecule has 0 unspecified atom stereocenters.